The predicted octanol–water partition coefficient (Wildman–Crippen LogP) is 0.966. The molecule has 1 fully saturated rings. The molecule has 0 aromatic heterocycles. The molecule has 4 nitrogen and oxygen atoms in total. The molecule has 1 aliphatic rings. The summed E-state index contributed by atoms with van der Waals surface area (Å²) in [5.41, 5.74) is 0. The number of amides is 1. The summed E-state index contributed by atoms with van der Waals surface area (Å²) in [5, 5.41) is 11.6. The van der Waals surface area contributed by atoms with E-state index in [1.54, 1.807) is 11.8 Å². The number of hydrogen-bond donors (Lipinski definition) is 2. The molecule has 1 aliphatic carbocycles. The van der Waals surface area contributed by atoms with Crippen LogP contribution in [0.1, 0.15) is 19.3 Å². The quantitative estimate of drug-likeness (QED) is 0.692. The molecule has 1 saturated carbocycles. The van der Waals surface area contributed by atoms with Gasteiger partial charge in [-0.25, -0.2) is 0 Å². The first-order valence-electron chi connectivity index (χ1n) is 5.14. The molecule has 2 atom stereocenters. The van der Waals surface area contributed by atoms with Crippen LogP contribution in [0.3, 0.4) is 0 Å². The minimum Gasteiger partial charge on any atom is -0.481 e. The third-order valence-corrected chi connectivity index (χ3v) is 3.37. The number of carboxylic acid groups (broad SMARTS) is 1. The third-order valence-electron chi connectivity index (χ3n) is 2.76. The van der Waals surface area contributed by atoms with Crippen molar-refractivity contribution in [2.45, 2.75) is 19.3 Å². The molecule has 0 aliphatic heterocycles. The summed E-state index contributed by atoms with van der Waals surface area (Å²) in [4.78, 5) is 22.3. The molecule has 0 heterocycles. The van der Waals surface area contributed by atoms with Crippen LogP contribution < -0.4 is 5.32 Å². The number of carbonyl (C=O) groups is 2. The van der Waals surface area contributed by atoms with Gasteiger partial charge in [-0.2, -0.15) is 11.8 Å². The lowest BCUT2D eigenvalue weighted by atomic mass is 10.0. The van der Waals surface area contributed by atoms with Gasteiger partial charge in [-0.05, 0) is 25.5 Å². The molecule has 0 aromatic rings. The number of aliphatic carboxylic acids is 1. The van der Waals surface area contributed by atoms with Crippen LogP contribution in [0.25, 0.3) is 0 Å². The number of hydrogen-bond acceptors (Lipinski definition) is 3. The Hall–Kier alpha value is -0.710. The lowest BCUT2D eigenvalue weighted by molar-refractivity contribution is -0.141. The number of nitrogens with one attached hydrogen (secondary N) is 1. The lowest BCUT2D eigenvalue weighted by Crippen LogP contribution is -2.31. The zero-order valence-corrected chi connectivity index (χ0v) is 9.68. The molecule has 0 spiro atoms. The first-order chi connectivity index (χ1) is 7.15. The Bertz CT molecular complexity index is 245. The van der Waals surface area contributed by atoms with Gasteiger partial charge in [0.15, 0.2) is 0 Å². The first kappa shape index (κ1) is 12.4. The maximum absolute atomic E-state index is 11.6. The maximum atomic E-state index is 11.6. The topological polar surface area (TPSA) is 66.4 Å². The fraction of sp³-hybridized carbons (Fsp3) is 0.800. The van der Waals surface area contributed by atoms with Crippen LogP contribution in [-0.2, 0) is 9.59 Å². The van der Waals surface area contributed by atoms with Crippen LogP contribution in [-0.4, -0.2) is 35.5 Å². The molecule has 5 heteroatoms. The molecule has 0 bridgehead atoms. The van der Waals surface area contributed by atoms with E-state index in [0.29, 0.717) is 25.8 Å². The molecule has 0 aromatic carbocycles. The normalized spacial score (nSPS) is 25.1. The second kappa shape index (κ2) is 6.00. The zero-order chi connectivity index (χ0) is 11.3. The van der Waals surface area contributed by atoms with Crippen molar-refractivity contribution in [3.63, 3.8) is 0 Å². The van der Waals surface area contributed by atoms with Crippen molar-refractivity contribution in [3.8, 4) is 0 Å². The third kappa shape index (κ3) is 3.74. The molecule has 1 amide bonds. The Morgan fingerprint density at radius 2 is 2.07 bits per heavy atom. The summed E-state index contributed by atoms with van der Waals surface area (Å²) in [6.45, 7) is 0.675. The van der Waals surface area contributed by atoms with Crippen molar-refractivity contribution in [1.82, 2.24) is 5.32 Å². The van der Waals surface area contributed by atoms with E-state index in [2.05, 4.69) is 5.32 Å². The van der Waals surface area contributed by atoms with Gasteiger partial charge in [0.05, 0.1) is 5.92 Å². The summed E-state index contributed by atoms with van der Waals surface area (Å²) < 4.78 is 0. The van der Waals surface area contributed by atoms with E-state index < -0.39 is 5.97 Å². The molecule has 15 heavy (non-hydrogen) atoms. The Morgan fingerprint density at radius 1 is 1.40 bits per heavy atom. The van der Waals surface area contributed by atoms with Crippen molar-refractivity contribution in [2.24, 2.45) is 11.8 Å². The van der Waals surface area contributed by atoms with Crippen LogP contribution in [0, 0.1) is 11.8 Å². The molecule has 0 radical (unpaired) electrons. The van der Waals surface area contributed by atoms with Gasteiger partial charge in [0.1, 0.15) is 0 Å². The molecular weight excluding hydrogens is 214 g/mol. The van der Waals surface area contributed by atoms with E-state index in [-0.39, 0.29) is 17.7 Å². The summed E-state index contributed by atoms with van der Waals surface area (Å²) in [6.07, 6.45) is 3.83. The Morgan fingerprint density at radius 3 is 2.60 bits per heavy atom. The Labute approximate surface area is 93.8 Å². The van der Waals surface area contributed by atoms with Gasteiger partial charge >= 0.3 is 5.97 Å². The van der Waals surface area contributed by atoms with Crippen LogP contribution in [0.2, 0.25) is 0 Å². The Kier molecular flexibility index (Phi) is 4.94. The molecule has 2 N–H and O–H groups in total. The number of carboxylic acids is 1. The van der Waals surface area contributed by atoms with Crippen molar-refractivity contribution in [1.29, 1.82) is 0 Å². The van der Waals surface area contributed by atoms with Gasteiger partial charge in [-0.1, -0.05) is 0 Å². The Balaban J connectivity index is 2.27. The van der Waals surface area contributed by atoms with E-state index in [1.165, 1.54) is 0 Å². The number of thioether (sulfide) groups is 1. The molecule has 0 saturated heterocycles. The van der Waals surface area contributed by atoms with Crippen LogP contribution >= 0.6 is 11.8 Å². The second-order valence-electron chi connectivity index (χ2n) is 3.83. The monoisotopic (exact) mass is 231 g/mol. The van der Waals surface area contributed by atoms with Crippen LogP contribution in [0.4, 0.5) is 0 Å². The largest absolute Gasteiger partial charge is 0.481 e. The van der Waals surface area contributed by atoms with Crippen LogP contribution in [0.15, 0.2) is 0 Å². The highest BCUT2D eigenvalue weighted by molar-refractivity contribution is 7.98. The van der Waals surface area contributed by atoms with E-state index >= 15 is 0 Å². The summed E-state index contributed by atoms with van der Waals surface area (Å²) in [7, 11) is 0. The fourth-order valence-corrected chi connectivity index (χ4v) is 2.17. The molecule has 1 rings (SSSR count). The number of rotatable bonds is 5. The highest BCUT2D eigenvalue weighted by Gasteiger charge is 2.33. The van der Waals surface area contributed by atoms with Crippen molar-refractivity contribution >= 4 is 23.6 Å². The predicted molar refractivity (Wildman–Crippen MR) is 59.9 cm³/mol. The smallest absolute Gasteiger partial charge is 0.306 e. The van der Waals surface area contributed by atoms with Gasteiger partial charge in [0, 0.05) is 18.2 Å². The minimum absolute atomic E-state index is 0.0211. The highest BCUT2D eigenvalue weighted by atomic mass is 32.2. The van der Waals surface area contributed by atoms with E-state index in [4.69, 9.17) is 5.11 Å². The van der Waals surface area contributed by atoms with E-state index in [0.717, 1.165) is 5.75 Å². The highest BCUT2D eigenvalue weighted by Crippen LogP contribution is 2.30. The molecular formula is C10H17NO3S. The standard InChI is InChI=1S/C10H17NO3S/c1-15-5-4-11-9(12)7-2-3-8(6-7)10(13)14/h7-8H,2-6H2,1H3,(H,11,12)(H,13,14)/t7-,8+/m1/s1. The zero-order valence-electron chi connectivity index (χ0n) is 8.86. The van der Waals surface area contributed by atoms with E-state index in [9.17, 15) is 9.59 Å². The number of carbonyl (C=O) groups excluding carboxylic acids is 1. The minimum atomic E-state index is -0.769. The van der Waals surface area contributed by atoms with Crippen molar-refractivity contribution in [2.75, 3.05) is 18.6 Å². The SMILES string of the molecule is CSCCNC(=O)[C@@H]1CC[C@H](C(=O)O)C1. The molecule has 0 unspecified atom stereocenters. The average molecular weight is 231 g/mol. The average Bonchev–Trinajstić information content (AvgIpc) is 2.66. The second-order valence-corrected chi connectivity index (χ2v) is 4.81. The van der Waals surface area contributed by atoms with Gasteiger partial charge < -0.3 is 10.4 Å². The van der Waals surface area contributed by atoms with E-state index in [1.807, 2.05) is 6.26 Å². The lowest BCUT2D eigenvalue weighted by Gasteiger charge is -2.09. The van der Waals surface area contributed by atoms with Crippen molar-refractivity contribution in [3.05, 3.63) is 0 Å². The summed E-state index contributed by atoms with van der Waals surface area (Å²) in [5.74, 6) is -0.252. The maximum Gasteiger partial charge on any atom is 0.306 e. The fourth-order valence-electron chi connectivity index (χ4n) is 1.86. The van der Waals surface area contributed by atoms with Crippen LogP contribution in [0.5, 0.6) is 0 Å². The summed E-state index contributed by atoms with van der Waals surface area (Å²) in [6, 6.07) is 0. The first-order valence-corrected chi connectivity index (χ1v) is 6.54. The van der Waals surface area contributed by atoms with Crippen molar-refractivity contribution < 1.29 is 14.7 Å². The molecule has 86 valence electrons. The van der Waals surface area contributed by atoms with Gasteiger partial charge in [0.2, 0.25) is 5.91 Å². The van der Waals surface area contributed by atoms with Gasteiger partial charge in [0.25, 0.3) is 0 Å². The van der Waals surface area contributed by atoms with Gasteiger partial charge in [-0.3, -0.25) is 9.59 Å². The summed E-state index contributed by atoms with van der Waals surface area (Å²) >= 11 is 1.68. The van der Waals surface area contributed by atoms with Gasteiger partial charge in [-0.15, -0.1) is 0 Å².